The maximum Gasteiger partial charge on any atom is 0.267 e. The molecule has 0 saturated carbocycles. The Morgan fingerprint density at radius 1 is 1.29 bits per heavy atom. The Labute approximate surface area is 119 Å². The molecule has 1 aromatic heterocycles. The number of benzene rings is 1. The molecule has 0 aliphatic heterocycles. The van der Waals surface area contributed by atoms with Gasteiger partial charge in [0.15, 0.2) is 0 Å². The normalized spacial score (nSPS) is 12.0. The zero-order chi connectivity index (χ0) is 15.6. The molecule has 1 atom stereocenters. The molecule has 110 valence electrons. The van der Waals surface area contributed by atoms with E-state index < -0.39 is 29.1 Å². The highest BCUT2D eigenvalue weighted by Crippen LogP contribution is 2.16. The number of amides is 1. The first kappa shape index (κ1) is 14.8. The van der Waals surface area contributed by atoms with Crippen molar-refractivity contribution in [1.29, 1.82) is 0 Å². The molecule has 0 spiro atoms. The number of halogens is 2. The number of carbonyl (C=O) groups excluding carboxylic acids is 1. The van der Waals surface area contributed by atoms with Crippen molar-refractivity contribution in [3.8, 4) is 0 Å². The lowest BCUT2D eigenvalue weighted by Gasteiger charge is -2.14. The summed E-state index contributed by atoms with van der Waals surface area (Å²) in [7, 11) is 0. The molecular weight excluding hydrogens is 280 g/mol. The number of hydrogen-bond donors (Lipinski definition) is 1. The molecule has 1 amide bonds. The van der Waals surface area contributed by atoms with Crippen LogP contribution in [-0.2, 0) is 4.79 Å². The summed E-state index contributed by atoms with van der Waals surface area (Å²) in [6, 6.07) is 4.57. The average Bonchev–Trinajstić information content (AvgIpc) is 2.44. The maximum absolute atomic E-state index is 13.5. The van der Waals surface area contributed by atoms with Crippen molar-refractivity contribution in [2.45, 2.75) is 19.9 Å². The van der Waals surface area contributed by atoms with Crippen LogP contribution in [0.3, 0.4) is 0 Å². The summed E-state index contributed by atoms with van der Waals surface area (Å²) < 4.78 is 27.5. The fourth-order valence-electron chi connectivity index (χ4n) is 1.74. The van der Waals surface area contributed by atoms with Crippen molar-refractivity contribution in [2.75, 3.05) is 5.32 Å². The largest absolute Gasteiger partial charge is 0.322 e. The second kappa shape index (κ2) is 5.82. The van der Waals surface area contributed by atoms with Crippen LogP contribution in [0.25, 0.3) is 0 Å². The summed E-state index contributed by atoms with van der Waals surface area (Å²) in [6.45, 7) is 3.12. The molecule has 21 heavy (non-hydrogen) atoms. The molecule has 2 aromatic rings. The number of rotatable bonds is 3. The van der Waals surface area contributed by atoms with Gasteiger partial charge in [-0.15, -0.1) is 0 Å². The van der Waals surface area contributed by atoms with Crippen molar-refractivity contribution < 1.29 is 13.6 Å². The third-order valence-corrected chi connectivity index (χ3v) is 2.89. The number of carbonyl (C=O) groups is 1. The highest BCUT2D eigenvalue weighted by Gasteiger charge is 2.19. The Kier molecular flexibility index (Phi) is 4.11. The predicted molar refractivity (Wildman–Crippen MR) is 72.9 cm³/mol. The van der Waals surface area contributed by atoms with E-state index in [0.29, 0.717) is 5.69 Å². The van der Waals surface area contributed by atoms with Gasteiger partial charge in [-0.3, -0.25) is 9.59 Å². The standard InChI is InChI=1S/C14H13F2N3O2/c1-8-3-6-13(20)19(18-8)9(2)14(21)17-12-7-10(15)4-5-11(12)16/h3-7,9H,1-2H3,(H,17,21)/t9-/m0/s1. The van der Waals surface area contributed by atoms with E-state index in [1.165, 1.54) is 19.1 Å². The molecule has 0 saturated heterocycles. The van der Waals surface area contributed by atoms with E-state index in [0.717, 1.165) is 22.9 Å². The topological polar surface area (TPSA) is 64.0 Å². The van der Waals surface area contributed by atoms with E-state index in [4.69, 9.17) is 0 Å². The van der Waals surface area contributed by atoms with Gasteiger partial charge in [0.25, 0.3) is 5.56 Å². The Balaban J connectivity index is 2.25. The maximum atomic E-state index is 13.5. The van der Waals surface area contributed by atoms with E-state index in [-0.39, 0.29) is 5.69 Å². The number of aromatic nitrogens is 2. The van der Waals surface area contributed by atoms with E-state index in [9.17, 15) is 18.4 Å². The Hall–Kier alpha value is -2.57. The smallest absolute Gasteiger partial charge is 0.267 e. The van der Waals surface area contributed by atoms with Crippen LogP contribution in [0.15, 0.2) is 35.1 Å². The van der Waals surface area contributed by atoms with E-state index >= 15 is 0 Å². The predicted octanol–water partition coefficient (Wildman–Crippen LogP) is 2.03. The molecule has 0 radical (unpaired) electrons. The minimum Gasteiger partial charge on any atom is -0.322 e. The van der Waals surface area contributed by atoms with Crippen LogP contribution < -0.4 is 10.9 Å². The average molecular weight is 293 g/mol. The molecule has 0 bridgehead atoms. The number of hydrogen-bond acceptors (Lipinski definition) is 3. The summed E-state index contributed by atoms with van der Waals surface area (Å²) >= 11 is 0. The molecule has 1 aromatic carbocycles. The summed E-state index contributed by atoms with van der Waals surface area (Å²) in [4.78, 5) is 23.7. The summed E-state index contributed by atoms with van der Waals surface area (Å²) in [5.74, 6) is -2.11. The lowest BCUT2D eigenvalue weighted by molar-refractivity contribution is -0.119. The molecule has 0 fully saturated rings. The third-order valence-electron chi connectivity index (χ3n) is 2.89. The van der Waals surface area contributed by atoms with Gasteiger partial charge in [0, 0.05) is 12.1 Å². The van der Waals surface area contributed by atoms with Gasteiger partial charge in [0.1, 0.15) is 17.7 Å². The summed E-state index contributed by atoms with van der Waals surface area (Å²) in [6.07, 6.45) is 0. The van der Waals surface area contributed by atoms with Gasteiger partial charge >= 0.3 is 0 Å². The lowest BCUT2D eigenvalue weighted by atomic mass is 10.2. The summed E-state index contributed by atoms with van der Waals surface area (Å²) in [5, 5.41) is 6.19. The third kappa shape index (κ3) is 3.31. The number of nitrogens with zero attached hydrogens (tertiary/aromatic N) is 2. The first-order chi connectivity index (χ1) is 9.88. The second-order valence-corrected chi connectivity index (χ2v) is 4.55. The number of nitrogens with one attached hydrogen (secondary N) is 1. The number of aryl methyl sites for hydroxylation is 1. The lowest BCUT2D eigenvalue weighted by Crippen LogP contribution is -2.33. The SMILES string of the molecule is Cc1ccc(=O)n([C@@H](C)C(=O)Nc2cc(F)ccc2F)n1. The Morgan fingerprint density at radius 3 is 2.71 bits per heavy atom. The van der Waals surface area contributed by atoms with Gasteiger partial charge < -0.3 is 5.32 Å². The van der Waals surface area contributed by atoms with Crippen LogP contribution in [-0.4, -0.2) is 15.7 Å². The summed E-state index contributed by atoms with van der Waals surface area (Å²) in [5.41, 5.74) is -0.179. The molecule has 7 heteroatoms. The fourth-order valence-corrected chi connectivity index (χ4v) is 1.74. The van der Waals surface area contributed by atoms with Gasteiger partial charge in [-0.2, -0.15) is 5.10 Å². The van der Waals surface area contributed by atoms with Crippen LogP contribution in [0.5, 0.6) is 0 Å². The van der Waals surface area contributed by atoms with E-state index in [1.807, 2.05) is 0 Å². The molecule has 0 aliphatic rings. The zero-order valence-electron chi connectivity index (χ0n) is 11.4. The molecule has 0 unspecified atom stereocenters. The zero-order valence-corrected chi connectivity index (χ0v) is 11.4. The monoisotopic (exact) mass is 293 g/mol. The van der Waals surface area contributed by atoms with Crippen LogP contribution in [0.4, 0.5) is 14.5 Å². The molecule has 1 heterocycles. The van der Waals surface area contributed by atoms with Crippen LogP contribution in [0.1, 0.15) is 18.7 Å². The molecule has 0 aliphatic carbocycles. The first-order valence-corrected chi connectivity index (χ1v) is 6.21. The molecular formula is C14H13F2N3O2. The second-order valence-electron chi connectivity index (χ2n) is 4.55. The minimum absolute atomic E-state index is 0.285. The van der Waals surface area contributed by atoms with Gasteiger partial charge in [-0.05, 0) is 32.0 Å². The number of anilines is 1. The van der Waals surface area contributed by atoms with E-state index in [2.05, 4.69) is 10.4 Å². The quantitative estimate of drug-likeness (QED) is 0.941. The first-order valence-electron chi connectivity index (χ1n) is 6.21. The van der Waals surface area contributed by atoms with Crippen molar-refractivity contribution in [2.24, 2.45) is 0 Å². The van der Waals surface area contributed by atoms with Gasteiger partial charge in [0.2, 0.25) is 5.91 Å². The fraction of sp³-hybridized carbons (Fsp3) is 0.214. The highest BCUT2D eigenvalue weighted by molar-refractivity contribution is 5.93. The van der Waals surface area contributed by atoms with Gasteiger partial charge in [0.05, 0.1) is 11.4 Å². The van der Waals surface area contributed by atoms with E-state index in [1.54, 1.807) is 6.92 Å². The van der Waals surface area contributed by atoms with Crippen LogP contribution in [0.2, 0.25) is 0 Å². The van der Waals surface area contributed by atoms with Crippen molar-refractivity contribution in [1.82, 2.24) is 9.78 Å². The Morgan fingerprint density at radius 2 is 2.00 bits per heavy atom. The minimum atomic E-state index is -0.958. The molecule has 2 rings (SSSR count). The van der Waals surface area contributed by atoms with Crippen LogP contribution >= 0.6 is 0 Å². The van der Waals surface area contributed by atoms with Gasteiger partial charge in [-0.25, -0.2) is 13.5 Å². The molecule has 5 nitrogen and oxygen atoms in total. The Bertz CT molecular complexity index is 743. The van der Waals surface area contributed by atoms with Crippen molar-refractivity contribution >= 4 is 11.6 Å². The van der Waals surface area contributed by atoms with Crippen molar-refractivity contribution in [3.63, 3.8) is 0 Å². The molecule has 1 N–H and O–H groups in total. The highest BCUT2D eigenvalue weighted by atomic mass is 19.1. The van der Waals surface area contributed by atoms with Crippen LogP contribution in [0, 0.1) is 18.6 Å². The van der Waals surface area contributed by atoms with Gasteiger partial charge in [-0.1, -0.05) is 0 Å². The van der Waals surface area contributed by atoms with Crippen molar-refractivity contribution in [3.05, 3.63) is 58.0 Å².